The van der Waals surface area contributed by atoms with Gasteiger partial charge < -0.3 is 10.5 Å². The zero-order chi connectivity index (χ0) is 13.2. The lowest BCUT2D eigenvalue weighted by atomic mass is 10.2. The number of rotatable bonds is 4. The van der Waals surface area contributed by atoms with Crippen LogP contribution >= 0.6 is 11.3 Å². The Bertz CT molecular complexity index is 702. The lowest BCUT2D eigenvalue weighted by molar-refractivity contribution is 0.301. The number of hydrogen-bond donors (Lipinski definition) is 2. The standard InChI is InChI=1S/C13H12N4OS/c14-12(15)10-3-1-2-4-11(10)18-8-9-7-17-5-6-19-13(17)16-9/h1-7H,8H2,(H3,14,15). The maximum Gasteiger partial charge on any atom is 0.193 e. The summed E-state index contributed by atoms with van der Waals surface area (Å²) in [4.78, 5) is 5.38. The molecule has 0 unspecified atom stereocenters. The van der Waals surface area contributed by atoms with Gasteiger partial charge in [-0.1, -0.05) is 12.1 Å². The number of thiazole rings is 1. The van der Waals surface area contributed by atoms with E-state index in [0.717, 1.165) is 10.7 Å². The van der Waals surface area contributed by atoms with Crippen molar-refractivity contribution in [2.24, 2.45) is 5.73 Å². The molecule has 6 heteroatoms. The highest BCUT2D eigenvalue weighted by molar-refractivity contribution is 7.15. The molecule has 2 heterocycles. The van der Waals surface area contributed by atoms with E-state index in [0.29, 0.717) is 17.9 Å². The number of fused-ring (bicyclic) bond motifs is 1. The molecule has 0 amide bonds. The zero-order valence-corrected chi connectivity index (χ0v) is 10.9. The van der Waals surface area contributed by atoms with Gasteiger partial charge in [0.05, 0.1) is 11.3 Å². The van der Waals surface area contributed by atoms with Crippen LogP contribution in [0, 0.1) is 5.41 Å². The highest BCUT2D eigenvalue weighted by Crippen LogP contribution is 2.19. The van der Waals surface area contributed by atoms with Crippen LogP contribution in [0.5, 0.6) is 5.75 Å². The predicted octanol–water partition coefficient (Wildman–Crippen LogP) is 2.26. The summed E-state index contributed by atoms with van der Waals surface area (Å²) in [5, 5.41) is 9.49. The van der Waals surface area contributed by atoms with E-state index >= 15 is 0 Å². The summed E-state index contributed by atoms with van der Waals surface area (Å²) < 4.78 is 7.65. The molecule has 1 aromatic carbocycles. The van der Waals surface area contributed by atoms with Gasteiger partial charge in [0.1, 0.15) is 18.2 Å². The summed E-state index contributed by atoms with van der Waals surface area (Å²) in [6.07, 6.45) is 3.89. The van der Waals surface area contributed by atoms with E-state index < -0.39 is 0 Å². The van der Waals surface area contributed by atoms with Crippen molar-refractivity contribution in [2.75, 3.05) is 0 Å². The maximum absolute atomic E-state index is 7.50. The first-order valence-corrected chi connectivity index (χ1v) is 6.59. The summed E-state index contributed by atoms with van der Waals surface area (Å²) in [6.45, 7) is 0.360. The Kier molecular flexibility index (Phi) is 2.92. The van der Waals surface area contributed by atoms with Crippen molar-refractivity contribution < 1.29 is 4.74 Å². The average molecular weight is 272 g/mol. The first-order valence-electron chi connectivity index (χ1n) is 5.71. The Balaban J connectivity index is 1.79. The van der Waals surface area contributed by atoms with E-state index in [1.54, 1.807) is 23.5 Å². The number of nitrogen functional groups attached to an aromatic ring is 1. The quantitative estimate of drug-likeness (QED) is 0.565. The Morgan fingerprint density at radius 3 is 3.05 bits per heavy atom. The molecule has 0 aliphatic heterocycles. The molecule has 0 saturated carbocycles. The fraction of sp³-hybridized carbons (Fsp3) is 0.0769. The van der Waals surface area contributed by atoms with Gasteiger partial charge in [0.25, 0.3) is 0 Å². The molecule has 96 valence electrons. The third-order valence-corrected chi connectivity index (χ3v) is 3.47. The average Bonchev–Trinajstić information content (AvgIpc) is 2.97. The summed E-state index contributed by atoms with van der Waals surface area (Å²) in [5.41, 5.74) is 6.97. The zero-order valence-electron chi connectivity index (χ0n) is 10.0. The molecular weight excluding hydrogens is 260 g/mol. The van der Waals surface area contributed by atoms with Crippen LogP contribution in [0.15, 0.2) is 42.0 Å². The van der Waals surface area contributed by atoms with E-state index in [4.69, 9.17) is 15.9 Å². The summed E-state index contributed by atoms with van der Waals surface area (Å²) >= 11 is 1.58. The van der Waals surface area contributed by atoms with Crippen LogP contribution in [0.4, 0.5) is 0 Å². The van der Waals surface area contributed by atoms with Crippen molar-refractivity contribution in [3.05, 3.63) is 53.3 Å². The smallest absolute Gasteiger partial charge is 0.193 e. The highest BCUT2D eigenvalue weighted by atomic mass is 32.1. The maximum atomic E-state index is 7.50. The number of imidazole rings is 1. The Morgan fingerprint density at radius 1 is 1.42 bits per heavy atom. The van der Waals surface area contributed by atoms with Crippen molar-refractivity contribution in [1.29, 1.82) is 5.41 Å². The number of ether oxygens (including phenoxy) is 1. The largest absolute Gasteiger partial charge is 0.486 e. The van der Waals surface area contributed by atoms with Gasteiger partial charge in [0.15, 0.2) is 4.96 Å². The van der Waals surface area contributed by atoms with Gasteiger partial charge in [0, 0.05) is 17.8 Å². The van der Waals surface area contributed by atoms with Gasteiger partial charge >= 0.3 is 0 Å². The van der Waals surface area contributed by atoms with E-state index in [1.165, 1.54) is 0 Å². The molecule has 0 saturated heterocycles. The number of benzene rings is 1. The second-order valence-corrected chi connectivity index (χ2v) is 4.90. The van der Waals surface area contributed by atoms with Crippen molar-refractivity contribution >= 4 is 22.1 Å². The third-order valence-electron chi connectivity index (χ3n) is 2.70. The van der Waals surface area contributed by atoms with Crippen LogP contribution in [-0.4, -0.2) is 15.2 Å². The Morgan fingerprint density at radius 2 is 2.26 bits per heavy atom. The van der Waals surface area contributed by atoms with Crippen molar-refractivity contribution in [3.8, 4) is 5.75 Å². The van der Waals surface area contributed by atoms with Crippen LogP contribution in [0.1, 0.15) is 11.3 Å². The number of aromatic nitrogens is 2. The molecule has 0 aliphatic carbocycles. The number of amidine groups is 1. The number of hydrogen-bond acceptors (Lipinski definition) is 4. The summed E-state index contributed by atoms with van der Waals surface area (Å²) in [5.74, 6) is 0.604. The Hall–Kier alpha value is -2.34. The topological polar surface area (TPSA) is 76.4 Å². The van der Waals surface area contributed by atoms with Crippen molar-refractivity contribution in [1.82, 2.24) is 9.38 Å². The minimum atomic E-state index is 0.00132. The van der Waals surface area contributed by atoms with Crippen LogP contribution in [0.2, 0.25) is 0 Å². The fourth-order valence-electron chi connectivity index (χ4n) is 1.81. The number of nitrogens with one attached hydrogen (secondary N) is 1. The fourth-order valence-corrected chi connectivity index (χ4v) is 2.53. The number of para-hydroxylation sites is 1. The van der Waals surface area contributed by atoms with Gasteiger partial charge in [-0.05, 0) is 12.1 Å². The van der Waals surface area contributed by atoms with Crippen LogP contribution in [0.25, 0.3) is 4.96 Å². The molecule has 0 atom stereocenters. The second kappa shape index (κ2) is 4.74. The molecule has 2 aromatic heterocycles. The molecule has 0 spiro atoms. The van der Waals surface area contributed by atoms with Gasteiger partial charge in [-0.2, -0.15) is 0 Å². The lowest BCUT2D eigenvalue weighted by Crippen LogP contribution is -2.13. The van der Waals surface area contributed by atoms with E-state index in [1.807, 2.05) is 34.3 Å². The molecule has 19 heavy (non-hydrogen) atoms. The van der Waals surface area contributed by atoms with Gasteiger partial charge in [-0.25, -0.2) is 4.98 Å². The van der Waals surface area contributed by atoms with E-state index in [-0.39, 0.29) is 5.84 Å². The molecule has 3 N–H and O–H groups in total. The molecule has 3 aromatic rings. The lowest BCUT2D eigenvalue weighted by Gasteiger charge is -2.08. The molecular formula is C13H12N4OS. The molecule has 5 nitrogen and oxygen atoms in total. The van der Waals surface area contributed by atoms with Gasteiger partial charge in [0.2, 0.25) is 0 Å². The minimum Gasteiger partial charge on any atom is -0.486 e. The highest BCUT2D eigenvalue weighted by Gasteiger charge is 2.07. The van der Waals surface area contributed by atoms with Crippen LogP contribution in [-0.2, 0) is 6.61 Å². The van der Waals surface area contributed by atoms with Crippen molar-refractivity contribution in [2.45, 2.75) is 6.61 Å². The first kappa shape index (κ1) is 11.7. The normalized spacial score (nSPS) is 10.7. The molecule has 0 aliphatic rings. The predicted molar refractivity (Wildman–Crippen MR) is 74.9 cm³/mol. The Labute approximate surface area is 113 Å². The number of nitrogens with two attached hydrogens (primary N) is 1. The molecule has 0 fully saturated rings. The second-order valence-electron chi connectivity index (χ2n) is 4.02. The molecule has 0 radical (unpaired) electrons. The van der Waals surface area contributed by atoms with Crippen LogP contribution in [0.3, 0.4) is 0 Å². The monoisotopic (exact) mass is 272 g/mol. The van der Waals surface area contributed by atoms with E-state index in [9.17, 15) is 0 Å². The molecule has 3 rings (SSSR count). The van der Waals surface area contributed by atoms with E-state index in [2.05, 4.69) is 4.98 Å². The third kappa shape index (κ3) is 2.30. The van der Waals surface area contributed by atoms with Gasteiger partial charge in [-0.3, -0.25) is 9.81 Å². The minimum absolute atomic E-state index is 0.00132. The summed E-state index contributed by atoms with van der Waals surface area (Å²) in [6, 6.07) is 7.25. The SMILES string of the molecule is N=C(N)c1ccccc1OCc1cn2ccsc2n1. The van der Waals surface area contributed by atoms with Crippen molar-refractivity contribution in [3.63, 3.8) is 0 Å². The number of nitrogens with zero attached hydrogens (tertiary/aromatic N) is 2. The van der Waals surface area contributed by atoms with Gasteiger partial charge in [-0.15, -0.1) is 11.3 Å². The summed E-state index contributed by atoms with van der Waals surface area (Å²) in [7, 11) is 0. The first-order chi connectivity index (χ1) is 9.24. The van der Waals surface area contributed by atoms with Crippen LogP contribution < -0.4 is 10.5 Å². The molecule has 0 bridgehead atoms.